The van der Waals surface area contributed by atoms with Crippen molar-refractivity contribution in [2.45, 2.75) is 26.9 Å². The first-order chi connectivity index (χ1) is 17.9. The van der Waals surface area contributed by atoms with Gasteiger partial charge in [-0.25, -0.2) is 4.79 Å². The van der Waals surface area contributed by atoms with Crippen molar-refractivity contribution >= 4 is 23.5 Å². The number of ether oxygens (including phenoxy) is 4. The molecule has 0 heterocycles. The Balaban J connectivity index is 1.95. The lowest BCUT2D eigenvalue weighted by Gasteiger charge is -2.23. The molecule has 7 heteroatoms. The summed E-state index contributed by atoms with van der Waals surface area (Å²) in [7, 11) is 4.64. The Hall–Kier alpha value is -4.13. The van der Waals surface area contributed by atoms with E-state index in [0.29, 0.717) is 28.5 Å². The number of nitrogens with zero attached hydrogens (tertiary/aromatic N) is 1. The van der Waals surface area contributed by atoms with Crippen LogP contribution in [0.2, 0.25) is 0 Å². The summed E-state index contributed by atoms with van der Waals surface area (Å²) in [6.45, 7) is 11.8. The highest BCUT2D eigenvalue weighted by atomic mass is 16.6. The number of nitrogens with one attached hydrogen (secondary N) is 1. The van der Waals surface area contributed by atoms with Crippen molar-refractivity contribution < 1.29 is 23.7 Å². The average Bonchev–Trinajstić information content (AvgIpc) is 2.93. The van der Waals surface area contributed by atoms with Gasteiger partial charge in [0.2, 0.25) is 5.75 Å². The maximum absolute atomic E-state index is 13.2. The van der Waals surface area contributed by atoms with Crippen molar-refractivity contribution in [3.63, 3.8) is 0 Å². The molecule has 37 heavy (non-hydrogen) atoms. The van der Waals surface area contributed by atoms with Crippen molar-refractivity contribution in [1.29, 1.82) is 0 Å². The number of benzene rings is 3. The van der Waals surface area contributed by atoms with Gasteiger partial charge >= 0.3 is 6.09 Å². The van der Waals surface area contributed by atoms with E-state index < -0.39 is 12.2 Å². The van der Waals surface area contributed by atoms with Gasteiger partial charge in [0, 0.05) is 30.0 Å². The third-order valence-corrected chi connectivity index (χ3v) is 6.26. The Labute approximate surface area is 219 Å². The van der Waals surface area contributed by atoms with E-state index in [-0.39, 0.29) is 0 Å². The second-order valence-electron chi connectivity index (χ2n) is 8.41. The van der Waals surface area contributed by atoms with Crippen molar-refractivity contribution in [3.8, 4) is 17.2 Å². The summed E-state index contributed by atoms with van der Waals surface area (Å²) in [6.07, 6.45) is 0.448. The molecule has 0 bridgehead atoms. The van der Waals surface area contributed by atoms with Crippen LogP contribution in [-0.2, 0) is 4.74 Å². The van der Waals surface area contributed by atoms with Crippen LogP contribution in [0.4, 0.5) is 16.2 Å². The van der Waals surface area contributed by atoms with Gasteiger partial charge in [-0.15, -0.1) is 0 Å². The molecule has 0 aliphatic rings. The van der Waals surface area contributed by atoms with Crippen LogP contribution in [0, 0.1) is 6.92 Å². The Bertz CT molecular complexity index is 1190. The predicted octanol–water partition coefficient (Wildman–Crippen LogP) is 6.85. The smallest absolute Gasteiger partial charge is 0.412 e. The second-order valence-corrected chi connectivity index (χ2v) is 8.41. The molecule has 1 atom stereocenters. The lowest BCUT2D eigenvalue weighted by molar-refractivity contribution is 0.130. The standard InChI is InChI=1S/C30H36N2O5/c1-8-21-11-13-22(14-12-21)28(23-18-26(34-5)29(36-7)27(19-23)35-6)37-30(33)31-25-16-15-24(17-20(25)4)32(9-2)10-3/h8,11-19,28H,1,9-10H2,2-7H3,(H,31,33). The highest BCUT2D eigenvalue weighted by Crippen LogP contribution is 2.41. The van der Waals surface area contributed by atoms with Crippen LogP contribution in [-0.4, -0.2) is 40.5 Å². The summed E-state index contributed by atoms with van der Waals surface area (Å²) < 4.78 is 22.5. The molecule has 7 nitrogen and oxygen atoms in total. The number of methoxy groups -OCH3 is 3. The molecule has 0 saturated heterocycles. The van der Waals surface area contributed by atoms with Gasteiger partial charge in [0.1, 0.15) is 0 Å². The van der Waals surface area contributed by atoms with Crippen LogP contribution in [0.5, 0.6) is 17.2 Å². The van der Waals surface area contributed by atoms with Crippen molar-refractivity contribution in [3.05, 3.63) is 83.4 Å². The number of carbonyl (C=O) groups is 1. The molecule has 0 aromatic heterocycles. The van der Waals surface area contributed by atoms with Gasteiger partial charge in [0.15, 0.2) is 17.6 Å². The number of amides is 1. The maximum atomic E-state index is 13.2. The lowest BCUT2D eigenvalue weighted by atomic mass is 9.99. The van der Waals surface area contributed by atoms with E-state index >= 15 is 0 Å². The number of anilines is 2. The molecule has 0 saturated carbocycles. The molecule has 3 aromatic carbocycles. The number of carbonyl (C=O) groups excluding carboxylic acids is 1. The fourth-order valence-electron chi connectivity index (χ4n) is 4.21. The molecule has 0 aliphatic heterocycles. The zero-order valence-corrected chi connectivity index (χ0v) is 22.5. The Kier molecular flexibility index (Phi) is 9.44. The number of hydrogen-bond donors (Lipinski definition) is 1. The van der Waals surface area contributed by atoms with Crippen molar-refractivity contribution in [1.82, 2.24) is 0 Å². The van der Waals surface area contributed by atoms with Gasteiger partial charge in [-0.2, -0.15) is 0 Å². The highest BCUT2D eigenvalue weighted by molar-refractivity contribution is 5.86. The zero-order chi connectivity index (χ0) is 26.9. The molecule has 196 valence electrons. The lowest BCUT2D eigenvalue weighted by Crippen LogP contribution is -2.22. The van der Waals surface area contributed by atoms with Crippen LogP contribution in [0.15, 0.2) is 61.2 Å². The SMILES string of the molecule is C=Cc1ccc(C(OC(=O)Nc2ccc(N(CC)CC)cc2C)c2cc(OC)c(OC)c(OC)c2)cc1. The Morgan fingerprint density at radius 3 is 2.03 bits per heavy atom. The summed E-state index contributed by atoms with van der Waals surface area (Å²) in [5.41, 5.74) is 5.15. The first-order valence-corrected chi connectivity index (χ1v) is 12.2. The van der Waals surface area contributed by atoms with E-state index in [2.05, 4.69) is 36.7 Å². The zero-order valence-electron chi connectivity index (χ0n) is 22.5. The fraction of sp³-hybridized carbons (Fsp3) is 0.300. The predicted molar refractivity (Wildman–Crippen MR) is 149 cm³/mol. The summed E-state index contributed by atoms with van der Waals surface area (Å²) in [5, 5.41) is 2.90. The van der Waals surface area contributed by atoms with E-state index in [1.54, 1.807) is 39.5 Å². The summed E-state index contributed by atoms with van der Waals surface area (Å²) in [4.78, 5) is 15.4. The third-order valence-electron chi connectivity index (χ3n) is 6.26. The minimum atomic E-state index is -0.733. The first kappa shape index (κ1) is 27.5. The molecule has 0 spiro atoms. The molecule has 1 N–H and O–H groups in total. The van der Waals surface area contributed by atoms with Gasteiger partial charge in [0.05, 0.1) is 21.3 Å². The van der Waals surface area contributed by atoms with Gasteiger partial charge in [-0.3, -0.25) is 5.32 Å². The fourth-order valence-corrected chi connectivity index (χ4v) is 4.21. The molecule has 0 aliphatic carbocycles. The van der Waals surface area contributed by atoms with E-state index in [4.69, 9.17) is 18.9 Å². The first-order valence-electron chi connectivity index (χ1n) is 12.2. The Morgan fingerprint density at radius 2 is 1.54 bits per heavy atom. The van der Waals surface area contributed by atoms with E-state index in [9.17, 15) is 4.79 Å². The molecule has 3 rings (SSSR count). The topological polar surface area (TPSA) is 69.3 Å². The van der Waals surface area contributed by atoms with Gasteiger partial charge in [-0.05, 0) is 67.8 Å². The van der Waals surface area contributed by atoms with Gasteiger partial charge in [-0.1, -0.05) is 36.9 Å². The molecule has 0 fully saturated rings. The molecular weight excluding hydrogens is 468 g/mol. The number of hydrogen-bond acceptors (Lipinski definition) is 6. The van der Waals surface area contributed by atoms with Gasteiger partial charge in [0.25, 0.3) is 0 Å². The molecule has 0 radical (unpaired) electrons. The minimum absolute atomic E-state index is 0.461. The summed E-state index contributed by atoms with van der Waals surface area (Å²) in [5.74, 6) is 1.40. The number of rotatable bonds is 11. The summed E-state index contributed by atoms with van der Waals surface area (Å²) in [6, 6.07) is 17.2. The van der Waals surface area contributed by atoms with E-state index in [1.165, 1.54) is 0 Å². The number of aryl methyl sites for hydroxylation is 1. The van der Waals surface area contributed by atoms with E-state index in [0.717, 1.165) is 35.5 Å². The molecular formula is C30H36N2O5. The van der Waals surface area contributed by atoms with Crippen LogP contribution < -0.4 is 24.4 Å². The van der Waals surface area contributed by atoms with Crippen LogP contribution in [0.1, 0.15) is 42.2 Å². The largest absolute Gasteiger partial charge is 0.493 e. The third kappa shape index (κ3) is 6.36. The minimum Gasteiger partial charge on any atom is -0.493 e. The molecule has 1 unspecified atom stereocenters. The van der Waals surface area contributed by atoms with Crippen molar-refractivity contribution in [2.75, 3.05) is 44.6 Å². The monoisotopic (exact) mass is 504 g/mol. The van der Waals surface area contributed by atoms with Crippen LogP contribution in [0.25, 0.3) is 6.08 Å². The van der Waals surface area contributed by atoms with Crippen molar-refractivity contribution in [2.24, 2.45) is 0 Å². The normalized spacial score (nSPS) is 11.3. The molecule has 3 aromatic rings. The molecule has 1 amide bonds. The van der Waals surface area contributed by atoms with Crippen LogP contribution >= 0.6 is 0 Å². The maximum Gasteiger partial charge on any atom is 0.412 e. The quantitative estimate of drug-likeness (QED) is 0.308. The summed E-state index contributed by atoms with van der Waals surface area (Å²) >= 11 is 0. The average molecular weight is 505 g/mol. The Morgan fingerprint density at radius 1 is 0.919 bits per heavy atom. The second kappa shape index (κ2) is 12.7. The van der Waals surface area contributed by atoms with Crippen LogP contribution in [0.3, 0.4) is 0 Å². The van der Waals surface area contributed by atoms with E-state index in [1.807, 2.05) is 43.3 Å². The highest BCUT2D eigenvalue weighted by Gasteiger charge is 2.24. The van der Waals surface area contributed by atoms with Gasteiger partial charge < -0.3 is 23.8 Å².